The van der Waals surface area contributed by atoms with E-state index in [-0.39, 0.29) is 18.6 Å². The second kappa shape index (κ2) is 6.68. The summed E-state index contributed by atoms with van der Waals surface area (Å²) in [6.45, 7) is 2.18. The Hall–Kier alpha value is -1.17. The maximum absolute atomic E-state index is 11.6. The molecule has 1 aromatic heterocycles. The van der Waals surface area contributed by atoms with Crippen LogP contribution in [0.4, 0.5) is 5.13 Å². The van der Waals surface area contributed by atoms with Crippen molar-refractivity contribution in [2.75, 3.05) is 11.9 Å². The third-order valence-electron chi connectivity index (χ3n) is 3.02. The van der Waals surface area contributed by atoms with E-state index < -0.39 is 0 Å². The van der Waals surface area contributed by atoms with Crippen LogP contribution in [-0.4, -0.2) is 28.0 Å². The SMILES string of the molecule is CCc1nsc(NCC(=O)OC2CCCCC2)n1. The van der Waals surface area contributed by atoms with Gasteiger partial charge in [0.2, 0.25) is 5.13 Å². The van der Waals surface area contributed by atoms with E-state index in [1.807, 2.05) is 6.92 Å². The zero-order chi connectivity index (χ0) is 12.8. The molecule has 1 aliphatic carbocycles. The second-order valence-electron chi connectivity index (χ2n) is 4.47. The van der Waals surface area contributed by atoms with Crippen LogP contribution in [0.15, 0.2) is 0 Å². The monoisotopic (exact) mass is 269 g/mol. The molecule has 1 aliphatic rings. The minimum Gasteiger partial charge on any atom is -0.461 e. The van der Waals surface area contributed by atoms with Crippen molar-refractivity contribution in [3.05, 3.63) is 5.82 Å². The van der Waals surface area contributed by atoms with Gasteiger partial charge in [-0.2, -0.15) is 4.37 Å². The fourth-order valence-electron chi connectivity index (χ4n) is 2.03. The smallest absolute Gasteiger partial charge is 0.325 e. The molecule has 0 bridgehead atoms. The van der Waals surface area contributed by atoms with Crippen LogP contribution < -0.4 is 5.32 Å². The maximum Gasteiger partial charge on any atom is 0.325 e. The van der Waals surface area contributed by atoms with E-state index in [0.717, 1.165) is 25.1 Å². The molecule has 1 saturated carbocycles. The van der Waals surface area contributed by atoms with Crippen molar-refractivity contribution in [2.45, 2.75) is 51.6 Å². The molecule has 0 atom stereocenters. The lowest BCUT2D eigenvalue weighted by Crippen LogP contribution is -2.25. The summed E-state index contributed by atoms with van der Waals surface area (Å²) in [4.78, 5) is 15.9. The maximum atomic E-state index is 11.6. The molecule has 0 amide bonds. The van der Waals surface area contributed by atoms with Gasteiger partial charge in [0, 0.05) is 18.0 Å². The largest absolute Gasteiger partial charge is 0.461 e. The van der Waals surface area contributed by atoms with Crippen LogP contribution in [0.2, 0.25) is 0 Å². The van der Waals surface area contributed by atoms with Crippen molar-refractivity contribution in [3.63, 3.8) is 0 Å². The van der Waals surface area contributed by atoms with E-state index >= 15 is 0 Å². The predicted octanol–water partition coefficient (Wildman–Crippen LogP) is 2.39. The van der Waals surface area contributed by atoms with Crippen LogP contribution in [-0.2, 0) is 16.0 Å². The van der Waals surface area contributed by atoms with Gasteiger partial charge in [-0.3, -0.25) is 4.79 Å². The van der Waals surface area contributed by atoms with Gasteiger partial charge in [0.1, 0.15) is 18.5 Å². The number of carbonyl (C=O) groups is 1. The predicted molar refractivity (Wildman–Crippen MR) is 70.7 cm³/mol. The summed E-state index contributed by atoms with van der Waals surface area (Å²) in [5, 5.41) is 3.65. The highest BCUT2D eigenvalue weighted by Gasteiger charge is 2.17. The zero-order valence-electron chi connectivity index (χ0n) is 10.6. The summed E-state index contributed by atoms with van der Waals surface area (Å²) in [7, 11) is 0. The van der Waals surface area contributed by atoms with E-state index in [9.17, 15) is 4.79 Å². The Labute approximate surface area is 111 Å². The lowest BCUT2D eigenvalue weighted by molar-refractivity contribution is -0.148. The van der Waals surface area contributed by atoms with Crippen molar-refractivity contribution in [1.29, 1.82) is 0 Å². The fourth-order valence-corrected chi connectivity index (χ4v) is 2.67. The number of ether oxygens (including phenoxy) is 1. The molecular weight excluding hydrogens is 250 g/mol. The van der Waals surface area contributed by atoms with E-state index in [1.54, 1.807) is 0 Å². The minimum atomic E-state index is -0.199. The Morgan fingerprint density at radius 1 is 1.44 bits per heavy atom. The van der Waals surface area contributed by atoms with Gasteiger partial charge in [-0.05, 0) is 25.7 Å². The minimum absolute atomic E-state index is 0.119. The van der Waals surface area contributed by atoms with Crippen LogP contribution in [0, 0.1) is 0 Å². The summed E-state index contributed by atoms with van der Waals surface area (Å²) >= 11 is 1.28. The van der Waals surface area contributed by atoms with Gasteiger partial charge in [0.05, 0.1) is 0 Å². The zero-order valence-corrected chi connectivity index (χ0v) is 11.5. The van der Waals surface area contributed by atoms with E-state index in [0.29, 0.717) is 5.13 Å². The number of esters is 1. The van der Waals surface area contributed by atoms with Crippen molar-refractivity contribution in [2.24, 2.45) is 0 Å². The summed E-state index contributed by atoms with van der Waals surface area (Å²) in [5.74, 6) is 0.610. The average Bonchev–Trinajstić information content (AvgIpc) is 2.85. The van der Waals surface area contributed by atoms with E-state index in [2.05, 4.69) is 14.7 Å². The van der Waals surface area contributed by atoms with Crippen molar-refractivity contribution >= 4 is 22.6 Å². The van der Waals surface area contributed by atoms with Crippen molar-refractivity contribution < 1.29 is 9.53 Å². The van der Waals surface area contributed by atoms with Gasteiger partial charge in [-0.15, -0.1) is 0 Å². The molecule has 6 heteroatoms. The Kier molecular flexibility index (Phi) is 4.92. The molecule has 0 aliphatic heterocycles. The number of hydrogen-bond donors (Lipinski definition) is 1. The Morgan fingerprint density at radius 3 is 2.89 bits per heavy atom. The molecule has 0 unspecified atom stereocenters. The van der Waals surface area contributed by atoms with Gasteiger partial charge in [0.15, 0.2) is 0 Å². The fraction of sp³-hybridized carbons (Fsp3) is 0.750. The van der Waals surface area contributed by atoms with E-state index in [1.165, 1.54) is 30.8 Å². The Bertz CT molecular complexity index is 388. The number of nitrogens with zero attached hydrogens (tertiary/aromatic N) is 2. The molecule has 1 N–H and O–H groups in total. The van der Waals surface area contributed by atoms with Gasteiger partial charge in [-0.25, -0.2) is 4.98 Å². The number of aryl methyl sites for hydroxylation is 1. The molecule has 100 valence electrons. The third-order valence-corrected chi connectivity index (χ3v) is 3.73. The van der Waals surface area contributed by atoms with Crippen LogP contribution in [0.25, 0.3) is 0 Å². The van der Waals surface area contributed by atoms with E-state index in [4.69, 9.17) is 4.74 Å². The molecule has 0 aromatic carbocycles. The number of hydrogen-bond acceptors (Lipinski definition) is 6. The number of carbonyl (C=O) groups excluding carboxylic acids is 1. The molecule has 18 heavy (non-hydrogen) atoms. The molecule has 1 aromatic rings. The first-order chi connectivity index (χ1) is 8.78. The molecule has 0 saturated heterocycles. The van der Waals surface area contributed by atoms with Gasteiger partial charge < -0.3 is 10.1 Å². The first kappa shape index (κ1) is 13.3. The number of anilines is 1. The van der Waals surface area contributed by atoms with Crippen molar-refractivity contribution in [3.8, 4) is 0 Å². The second-order valence-corrected chi connectivity index (χ2v) is 5.22. The van der Waals surface area contributed by atoms with Crippen LogP contribution in [0.5, 0.6) is 0 Å². The average molecular weight is 269 g/mol. The molecule has 2 rings (SSSR count). The highest BCUT2D eigenvalue weighted by atomic mass is 32.1. The van der Waals surface area contributed by atoms with Gasteiger partial charge >= 0.3 is 5.97 Å². The third kappa shape index (κ3) is 3.94. The Balaban J connectivity index is 1.70. The highest BCUT2D eigenvalue weighted by molar-refractivity contribution is 7.09. The van der Waals surface area contributed by atoms with Gasteiger partial charge in [0.25, 0.3) is 0 Å². The highest BCUT2D eigenvalue weighted by Crippen LogP contribution is 2.20. The molecule has 1 fully saturated rings. The number of aromatic nitrogens is 2. The first-order valence-corrected chi connectivity index (χ1v) is 7.31. The van der Waals surface area contributed by atoms with Crippen LogP contribution >= 0.6 is 11.5 Å². The summed E-state index contributed by atoms with van der Waals surface area (Å²) < 4.78 is 9.55. The number of nitrogens with one attached hydrogen (secondary N) is 1. The molecule has 0 spiro atoms. The molecule has 5 nitrogen and oxygen atoms in total. The molecule has 0 radical (unpaired) electrons. The Morgan fingerprint density at radius 2 is 2.22 bits per heavy atom. The summed E-state index contributed by atoms with van der Waals surface area (Å²) in [6, 6.07) is 0. The standard InChI is InChI=1S/C12H19N3O2S/c1-2-10-14-12(18-15-10)13-8-11(16)17-9-6-4-3-5-7-9/h9H,2-8H2,1H3,(H,13,14,15). The van der Waals surface area contributed by atoms with Crippen LogP contribution in [0.1, 0.15) is 44.9 Å². The lowest BCUT2D eigenvalue weighted by atomic mass is 9.98. The summed E-state index contributed by atoms with van der Waals surface area (Å²) in [6.07, 6.45) is 6.54. The van der Waals surface area contributed by atoms with Crippen LogP contribution in [0.3, 0.4) is 0 Å². The normalized spacial score (nSPS) is 16.5. The van der Waals surface area contributed by atoms with Gasteiger partial charge in [-0.1, -0.05) is 13.3 Å². The van der Waals surface area contributed by atoms with Crippen molar-refractivity contribution in [1.82, 2.24) is 9.36 Å². The lowest BCUT2D eigenvalue weighted by Gasteiger charge is -2.21. The first-order valence-electron chi connectivity index (χ1n) is 6.54. The quantitative estimate of drug-likeness (QED) is 0.831. The number of rotatable bonds is 5. The molecular formula is C12H19N3O2S. The summed E-state index contributed by atoms with van der Waals surface area (Å²) in [5.41, 5.74) is 0. The molecule has 1 heterocycles. The topological polar surface area (TPSA) is 64.1 Å².